The SMILES string of the molecule is CC(=O)c1ccc(NC(=O)c2ccnc(Nc3c(C)cc(C)cc3C)n2)cc1. The molecule has 1 aromatic heterocycles. The summed E-state index contributed by atoms with van der Waals surface area (Å²) in [4.78, 5) is 32.4. The first-order chi connectivity index (χ1) is 13.3. The summed E-state index contributed by atoms with van der Waals surface area (Å²) in [5.41, 5.74) is 5.72. The van der Waals surface area contributed by atoms with E-state index in [2.05, 4.69) is 32.7 Å². The largest absolute Gasteiger partial charge is 0.324 e. The molecule has 3 aromatic rings. The lowest BCUT2D eigenvalue weighted by Crippen LogP contribution is -2.15. The predicted octanol–water partition coefficient (Wildman–Crippen LogP) is 4.60. The van der Waals surface area contributed by atoms with E-state index in [4.69, 9.17) is 0 Å². The molecule has 6 nitrogen and oxygen atoms in total. The Morgan fingerprint density at radius 1 is 0.929 bits per heavy atom. The summed E-state index contributed by atoms with van der Waals surface area (Å²) in [5, 5.41) is 5.98. The van der Waals surface area contributed by atoms with Gasteiger partial charge in [-0.05, 0) is 69.2 Å². The number of benzene rings is 2. The van der Waals surface area contributed by atoms with Gasteiger partial charge in [0, 0.05) is 23.1 Å². The maximum Gasteiger partial charge on any atom is 0.274 e. The summed E-state index contributed by atoms with van der Waals surface area (Å²) in [6.07, 6.45) is 1.54. The Morgan fingerprint density at radius 2 is 1.57 bits per heavy atom. The molecule has 6 heteroatoms. The number of anilines is 3. The van der Waals surface area contributed by atoms with E-state index in [1.807, 2.05) is 20.8 Å². The fraction of sp³-hybridized carbons (Fsp3) is 0.182. The van der Waals surface area contributed by atoms with Crippen molar-refractivity contribution in [3.63, 3.8) is 0 Å². The third-order valence-electron chi connectivity index (χ3n) is 4.35. The van der Waals surface area contributed by atoms with Gasteiger partial charge in [-0.25, -0.2) is 9.97 Å². The highest BCUT2D eigenvalue weighted by Crippen LogP contribution is 2.24. The maximum absolute atomic E-state index is 12.5. The Morgan fingerprint density at radius 3 is 2.18 bits per heavy atom. The lowest BCUT2D eigenvalue weighted by atomic mass is 10.1. The van der Waals surface area contributed by atoms with Crippen molar-refractivity contribution in [2.75, 3.05) is 10.6 Å². The number of rotatable bonds is 5. The monoisotopic (exact) mass is 374 g/mol. The minimum atomic E-state index is -0.349. The average molecular weight is 374 g/mol. The van der Waals surface area contributed by atoms with Gasteiger partial charge in [0.15, 0.2) is 5.78 Å². The van der Waals surface area contributed by atoms with Gasteiger partial charge in [0.05, 0.1) is 0 Å². The molecule has 142 valence electrons. The van der Waals surface area contributed by atoms with Gasteiger partial charge < -0.3 is 10.6 Å². The first-order valence-electron chi connectivity index (χ1n) is 8.94. The molecule has 0 radical (unpaired) electrons. The Labute approximate surface area is 164 Å². The molecule has 2 N–H and O–H groups in total. The summed E-state index contributed by atoms with van der Waals surface area (Å²) in [5.74, 6) is -0.0147. The van der Waals surface area contributed by atoms with E-state index in [-0.39, 0.29) is 17.4 Å². The van der Waals surface area contributed by atoms with Crippen LogP contribution in [0.2, 0.25) is 0 Å². The number of amides is 1. The molecule has 0 bridgehead atoms. The fourth-order valence-corrected chi connectivity index (χ4v) is 3.02. The van der Waals surface area contributed by atoms with Crippen LogP contribution in [0.25, 0.3) is 0 Å². The van der Waals surface area contributed by atoms with Crippen molar-refractivity contribution in [3.05, 3.63) is 76.6 Å². The van der Waals surface area contributed by atoms with Crippen LogP contribution in [0.4, 0.5) is 17.3 Å². The highest BCUT2D eigenvalue weighted by atomic mass is 16.2. The highest BCUT2D eigenvalue weighted by Gasteiger charge is 2.11. The second-order valence-electron chi connectivity index (χ2n) is 6.75. The maximum atomic E-state index is 12.5. The Balaban J connectivity index is 1.77. The second kappa shape index (κ2) is 8.00. The number of Topliss-reactive ketones (excluding diaryl/α,β-unsaturated/α-hetero) is 1. The number of aryl methyl sites for hydroxylation is 3. The van der Waals surface area contributed by atoms with Crippen molar-refractivity contribution < 1.29 is 9.59 Å². The van der Waals surface area contributed by atoms with Crippen LogP contribution >= 0.6 is 0 Å². The molecule has 0 atom stereocenters. The summed E-state index contributed by atoms with van der Waals surface area (Å²) in [6, 6.07) is 12.4. The average Bonchev–Trinajstić information content (AvgIpc) is 2.65. The summed E-state index contributed by atoms with van der Waals surface area (Å²) >= 11 is 0. The number of aromatic nitrogens is 2. The van der Waals surface area contributed by atoms with E-state index in [1.165, 1.54) is 12.5 Å². The minimum Gasteiger partial charge on any atom is -0.324 e. The molecular formula is C22H22N4O2. The third kappa shape index (κ3) is 4.40. The van der Waals surface area contributed by atoms with Gasteiger partial charge in [-0.2, -0.15) is 0 Å². The predicted molar refractivity (Wildman–Crippen MR) is 110 cm³/mol. The molecule has 0 unspecified atom stereocenters. The number of carbonyl (C=O) groups excluding carboxylic acids is 2. The van der Waals surface area contributed by atoms with E-state index in [9.17, 15) is 9.59 Å². The summed E-state index contributed by atoms with van der Waals surface area (Å²) in [6.45, 7) is 7.59. The Bertz CT molecular complexity index is 1020. The van der Waals surface area contributed by atoms with Crippen LogP contribution in [0, 0.1) is 20.8 Å². The lowest BCUT2D eigenvalue weighted by molar-refractivity contribution is 0.101. The number of hydrogen-bond donors (Lipinski definition) is 2. The second-order valence-corrected chi connectivity index (χ2v) is 6.75. The first kappa shape index (κ1) is 19.2. The number of hydrogen-bond acceptors (Lipinski definition) is 5. The highest BCUT2D eigenvalue weighted by molar-refractivity contribution is 6.03. The molecule has 2 aromatic carbocycles. The van der Waals surface area contributed by atoms with Crippen LogP contribution in [-0.2, 0) is 0 Å². The first-order valence-corrected chi connectivity index (χ1v) is 8.94. The van der Waals surface area contributed by atoms with Gasteiger partial charge in [-0.15, -0.1) is 0 Å². The van der Waals surface area contributed by atoms with Crippen molar-refractivity contribution in [3.8, 4) is 0 Å². The quantitative estimate of drug-likeness (QED) is 0.638. The molecule has 0 fully saturated rings. The van der Waals surface area contributed by atoms with Gasteiger partial charge in [0.25, 0.3) is 5.91 Å². The van der Waals surface area contributed by atoms with Gasteiger partial charge in [0.2, 0.25) is 5.95 Å². The molecule has 0 saturated heterocycles. The lowest BCUT2D eigenvalue weighted by Gasteiger charge is -2.13. The van der Waals surface area contributed by atoms with Crippen LogP contribution in [-0.4, -0.2) is 21.7 Å². The zero-order valence-electron chi connectivity index (χ0n) is 16.3. The topological polar surface area (TPSA) is 84.0 Å². The van der Waals surface area contributed by atoms with Crippen LogP contribution in [0.15, 0.2) is 48.7 Å². The molecule has 1 amide bonds. The minimum absolute atomic E-state index is 0.0221. The van der Waals surface area contributed by atoms with Crippen LogP contribution in [0.5, 0.6) is 0 Å². The van der Waals surface area contributed by atoms with Gasteiger partial charge in [0.1, 0.15) is 5.69 Å². The Kier molecular flexibility index (Phi) is 5.49. The van der Waals surface area contributed by atoms with Crippen molar-refractivity contribution in [1.29, 1.82) is 0 Å². The van der Waals surface area contributed by atoms with Gasteiger partial charge in [-0.1, -0.05) is 17.7 Å². The molecular weight excluding hydrogens is 352 g/mol. The normalized spacial score (nSPS) is 10.4. The molecule has 28 heavy (non-hydrogen) atoms. The molecule has 0 aliphatic carbocycles. The van der Waals surface area contributed by atoms with E-state index in [0.29, 0.717) is 17.2 Å². The van der Waals surface area contributed by atoms with E-state index >= 15 is 0 Å². The molecule has 0 spiro atoms. The van der Waals surface area contributed by atoms with Crippen molar-refractivity contribution in [2.24, 2.45) is 0 Å². The van der Waals surface area contributed by atoms with Crippen LogP contribution in [0.1, 0.15) is 44.5 Å². The van der Waals surface area contributed by atoms with Crippen molar-refractivity contribution in [2.45, 2.75) is 27.7 Å². The molecule has 1 heterocycles. The van der Waals surface area contributed by atoms with Crippen molar-refractivity contribution >= 4 is 29.0 Å². The van der Waals surface area contributed by atoms with Gasteiger partial charge >= 0.3 is 0 Å². The Hall–Kier alpha value is -3.54. The van der Waals surface area contributed by atoms with E-state index in [0.717, 1.165) is 16.8 Å². The summed E-state index contributed by atoms with van der Waals surface area (Å²) < 4.78 is 0. The number of ketones is 1. The van der Waals surface area contributed by atoms with E-state index < -0.39 is 0 Å². The molecule has 0 aliphatic heterocycles. The van der Waals surface area contributed by atoms with Crippen LogP contribution < -0.4 is 10.6 Å². The smallest absolute Gasteiger partial charge is 0.274 e. The molecule has 3 rings (SSSR count). The summed E-state index contributed by atoms with van der Waals surface area (Å²) in [7, 11) is 0. The number of carbonyl (C=O) groups is 2. The zero-order valence-corrected chi connectivity index (χ0v) is 16.3. The zero-order chi connectivity index (χ0) is 20.3. The standard InChI is InChI=1S/C22H22N4O2/c1-13-11-14(2)20(15(3)12-13)26-22-23-10-9-19(25-22)21(28)24-18-7-5-17(6-8-18)16(4)27/h5-12H,1-4H3,(H,24,28)(H,23,25,26). The van der Waals surface area contributed by atoms with E-state index in [1.54, 1.807) is 36.5 Å². The van der Waals surface area contributed by atoms with Crippen LogP contribution in [0.3, 0.4) is 0 Å². The number of nitrogens with zero attached hydrogens (tertiary/aromatic N) is 2. The fourth-order valence-electron chi connectivity index (χ4n) is 3.02. The van der Waals surface area contributed by atoms with Crippen molar-refractivity contribution in [1.82, 2.24) is 9.97 Å². The number of nitrogens with one attached hydrogen (secondary N) is 2. The molecule has 0 aliphatic rings. The third-order valence-corrected chi connectivity index (χ3v) is 4.35. The van der Waals surface area contributed by atoms with Gasteiger partial charge in [-0.3, -0.25) is 9.59 Å². The molecule has 0 saturated carbocycles.